The number of nitrogens with zero attached hydrogens (tertiary/aromatic N) is 1. The highest BCUT2D eigenvalue weighted by molar-refractivity contribution is 6.35. The quantitative estimate of drug-likeness (QED) is 0.494. The molecular formula is C26H29ClF2N2. The number of nitrogens with one attached hydrogen (secondary N) is 1. The average Bonchev–Trinajstić information content (AvgIpc) is 2.68. The summed E-state index contributed by atoms with van der Waals surface area (Å²) in [6.45, 7) is 10.0. The molecule has 0 bridgehead atoms. The Labute approximate surface area is 189 Å². The van der Waals surface area contributed by atoms with Crippen molar-refractivity contribution >= 4 is 23.4 Å². The number of aryl methyl sites for hydroxylation is 1. The first-order valence-corrected chi connectivity index (χ1v) is 10.4. The van der Waals surface area contributed by atoms with Gasteiger partial charge < -0.3 is 5.32 Å². The topological polar surface area (TPSA) is 24.4 Å². The van der Waals surface area contributed by atoms with E-state index in [1.165, 1.54) is 16.7 Å². The molecule has 0 saturated heterocycles. The van der Waals surface area contributed by atoms with E-state index < -0.39 is 5.92 Å². The lowest BCUT2D eigenvalue weighted by atomic mass is 9.92. The Morgan fingerprint density at radius 3 is 1.97 bits per heavy atom. The molecule has 0 aromatic heterocycles. The van der Waals surface area contributed by atoms with Crippen LogP contribution in [0.25, 0.3) is 5.57 Å². The first-order valence-electron chi connectivity index (χ1n) is 10.0. The maximum atomic E-state index is 11.0. The van der Waals surface area contributed by atoms with Gasteiger partial charge in [-0.3, -0.25) is 4.99 Å². The van der Waals surface area contributed by atoms with Crippen LogP contribution in [0.4, 0.5) is 8.78 Å². The minimum absolute atomic E-state index is 0.611. The Morgan fingerprint density at radius 2 is 1.48 bits per heavy atom. The van der Waals surface area contributed by atoms with Crippen molar-refractivity contribution < 1.29 is 8.78 Å². The molecule has 0 radical (unpaired) electrons. The minimum atomic E-state index is -2.50. The standard InChI is InChI=1S/C23H23ClN2.C3H6F2/c1-15-5-7-18(8-6-15)13-19-9-11-20(12-10-19)22-16(2)23(24)21(14-25-4)26-17(22)3;1-3(2,4)5/h5-12,14,26H,2,13H2,1,3-4H3;1-2H3. The van der Waals surface area contributed by atoms with Crippen LogP contribution in [0.2, 0.25) is 0 Å². The fourth-order valence-electron chi connectivity index (χ4n) is 3.16. The first-order chi connectivity index (χ1) is 14.5. The van der Waals surface area contributed by atoms with Crippen LogP contribution in [0.3, 0.4) is 0 Å². The van der Waals surface area contributed by atoms with Crippen molar-refractivity contribution in [2.45, 2.75) is 40.0 Å². The van der Waals surface area contributed by atoms with Gasteiger partial charge in [0.15, 0.2) is 0 Å². The minimum Gasteiger partial charge on any atom is -0.356 e. The second-order valence-electron chi connectivity index (χ2n) is 7.91. The number of aliphatic imine (C=N–C) groups is 1. The molecule has 2 aromatic rings. The van der Waals surface area contributed by atoms with E-state index in [4.69, 9.17) is 11.6 Å². The summed E-state index contributed by atoms with van der Waals surface area (Å²) in [7, 11) is 1.73. The van der Waals surface area contributed by atoms with Gasteiger partial charge in [-0.1, -0.05) is 72.3 Å². The SMILES string of the molecule is C=C1C(Cl)=C(C=NC)NC(C)=C1c1ccc(Cc2ccc(C)cc2)cc1.CC(C)(F)F. The van der Waals surface area contributed by atoms with Crippen LogP contribution in [-0.2, 0) is 6.42 Å². The predicted octanol–water partition coefficient (Wildman–Crippen LogP) is 7.29. The highest BCUT2D eigenvalue weighted by atomic mass is 35.5. The lowest BCUT2D eigenvalue weighted by Gasteiger charge is -2.23. The second-order valence-corrected chi connectivity index (χ2v) is 8.28. The molecule has 0 spiro atoms. The highest BCUT2D eigenvalue weighted by Gasteiger charge is 2.21. The van der Waals surface area contributed by atoms with Gasteiger partial charge in [0.2, 0.25) is 5.92 Å². The largest absolute Gasteiger partial charge is 0.356 e. The Hall–Kier alpha value is -2.72. The van der Waals surface area contributed by atoms with Gasteiger partial charge in [-0.05, 0) is 56.4 Å². The maximum Gasteiger partial charge on any atom is 0.242 e. The van der Waals surface area contributed by atoms with E-state index >= 15 is 0 Å². The third kappa shape index (κ3) is 7.48. The van der Waals surface area contributed by atoms with Gasteiger partial charge in [-0.2, -0.15) is 0 Å². The molecule has 0 aliphatic carbocycles. The van der Waals surface area contributed by atoms with Crippen LogP contribution in [0.5, 0.6) is 0 Å². The van der Waals surface area contributed by atoms with Crippen molar-refractivity contribution in [1.29, 1.82) is 0 Å². The molecule has 2 nitrogen and oxygen atoms in total. The van der Waals surface area contributed by atoms with Crippen LogP contribution in [-0.4, -0.2) is 19.2 Å². The zero-order chi connectivity index (χ0) is 23.2. The fourth-order valence-corrected chi connectivity index (χ4v) is 3.35. The molecule has 1 aliphatic rings. The summed E-state index contributed by atoms with van der Waals surface area (Å²) in [5.74, 6) is -2.50. The van der Waals surface area contributed by atoms with E-state index in [2.05, 4.69) is 72.3 Å². The molecule has 5 heteroatoms. The zero-order valence-corrected chi connectivity index (χ0v) is 19.4. The number of hydrogen-bond acceptors (Lipinski definition) is 2. The molecule has 3 rings (SSSR count). The molecule has 1 heterocycles. The summed E-state index contributed by atoms with van der Waals surface area (Å²) < 4.78 is 22.0. The molecule has 0 amide bonds. The summed E-state index contributed by atoms with van der Waals surface area (Å²) in [4.78, 5) is 4.04. The number of dihydropyridines is 1. The van der Waals surface area contributed by atoms with Crippen molar-refractivity contribution in [3.8, 4) is 0 Å². The van der Waals surface area contributed by atoms with Gasteiger partial charge in [0.05, 0.1) is 10.7 Å². The summed E-state index contributed by atoms with van der Waals surface area (Å²) in [5.41, 5.74) is 8.68. The molecule has 1 N–H and O–H groups in total. The van der Waals surface area contributed by atoms with Crippen molar-refractivity contribution in [3.05, 3.63) is 99.4 Å². The van der Waals surface area contributed by atoms with Crippen molar-refractivity contribution in [1.82, 2.24) is 5.32 Å². The first kappa shape index (κ1) is 24.5. The Morgan fingerprint density at radius 1 is 1.00 bits per heavy atom. The van der Waals surface area contributed by atoms with Crippen LogP contribution in [0.1, 0.15) is 43.0 Å². The van der Waals surface area contributed by atoms with Gasteiger partial charge in [0.25, 0.3) is 0 Å². The Bertz CT molecular complexity index is 1000. The van der Waals surface area contributed by atoms with Crippen LogP contribution in [0.15, 0.2) is 82.1 Å². The molecule has 0 unspecified atom stereocenters. The Kier molecular flexibility index (Phi) is 8.35. The van der Waals surface area contributed by atoms with Gasteiger partial charge in [-0.25, -0.2) is 8.78 Å². The summed E-state index contributed by atoms with van der Waals surface area (Å²) in [6, 6.07) is 17.3. The third-order valence-electron chi connectivity index (χ3n) is 4.53. The van der Waals surface area contributed by atoms with E-state index in [9.17, 15) is 8.78 Å². The lowest BCUT2D eigenvalue weighted by Crippen LogP contribution is -2.20. The molecule has 1 aliphatic heterocycles. The van der Waals surface area contributed by atoms with E-state index in [-0.39, 0.29) is 0 Å². The number of hydrogen-bond donors (Lipinski definition) is 1. The third-order valence-corrected chi connectivity index (χ3v) is 4.96. The predicted molar refractivity (Wildman–Crippen MR) is 129 cm³/mol. The van der Waals surface area contributed by atoms with Gasteiger partial charge >= 0.3 is 0 Å². The van der Waals surface area contributed by atoms with Gasteiger partial charge in [0, 0.05) is 24.5 Å². The van der Waals surface area contributed by atoms with Crippen LogP contribution < -0.4 is 5.32 Å². The van der Waals surface area contributed by atoms with Crippen LogP contribution >= 0.6 is 11.6 Å². The molecular weight excluding hydrogens is 414 g/mol. The van der Waals surface area contributed by atoms with E-state index in [0.29, 0.717) is 5.03 Å². The zero-order valence-electron chi connectivity index (χ0n) is 18.7. The lowest BCUT2D eigenvalue weighted by molar-refractivity contribution is 0.0437. The number of halogens is 3. The summed E-state index contributed by atoms with van der Waals surface area (Å²) in [5, 5.41) is 3.93. The number of alkyl halides is 2. The summed E-state index contributed by atoms with van der Waals surface area (Å²) in [6.07, 6.45) is 2.65. The highest BCUT2D eigenvalue weighted by Crippen LogP contribution is 2.36. The molecule has 0 saturated carbocycles. The van der Waals surface area contributed by atoms with Crippen molar-refractivity contribution in [2.75, 3.05) is 7.05 Å². The number of benzene rings is 2. The Balaban J connectivity index is 0.000000614. The smallest absolute Gasteiger partial charge is 0.242 e. The number of rotatable bonds is 4. The molecule has 2 aromatic carbocycles. The second kappa shape index (κ2) is 10.5. The van der Waals surface area contributed by atoms with E-state index in [1.807, 2.05) is 6.92 Å². The van der Waals surface area contributed by atoms with Crippen molar-refractivity contribution in [3.63, 3.8) is 0 Å². The molecule has 31 heavy (non-hydrogen) atoms. The monoisotopic (exact) mass is 442 g/mol. The summed E-state index contributed by atoms with van der Waals surface area (Å²) >= 11 is 6.47. The normalized spacial score (nSPS) is 14.5. The fraction of sp³-hybridized carbons (Fsp3) is 0.269. The van der Waals surface area contributed by atoms with Crippen LogP contribution in [0, 0.1) is 6.92 Å². The molecule has 0 atom stereocenters. The molecule has 0 fully saturated rings. The van der Waals surface area contributed by atoms with Crippen molar-refractivity contribution in [2.24, 2.45) is 4.99 Å². The average molecular weight is 443 g/mol. The van der Waals surface area contributed by atoms with E-state index in [0.717, 1.165) is 48.4 Å². The van der Waals surface area contributed by atoms with Gasteiger partial charge in [0.1, 0.15) is 0 Å². The maximum absolute atomic E-state index is 11.0. The van der Waals surface area contributed by atoms with Gasteiger partial charge in [-0.15, -0.1) is 0 Å². The molecule has 164 valence electrons. The van der Waals surface area contributed by atoms with E-state index in [1.54, 1.807) is 13.3 Å². The number of allylic oxidation sites excluding steroid dienone is 5.